The lowest BCUT2D eigenvalue weighted by Gasteiger charge is -2.19. The molecule has 1 aliphatic carbocycles. The van der Waals surface area contributed by atoms with Crippen LogP contribution in [0.4, 0.5) is 4.39 Å². The fraction of sp³-hybridized carbons (Fsp3) is 0.529. The molecule has 6 heteroatoms. The predicted molar refractivity (Wildman–Crippen MR) is 84.4 cm³/mol. The normalized spacial score (nSPS) is 14.6. The van der Waals surface area contributed by atoms with E-state index in [9.17, 15) is 4.39 Å². The largest absolute Gasteiger partial charge is 0.395 e. The van der Waals surface area contributed by atoms with Crippen molar-refractivity contribution in [1.82, 2.24) is 15.0 Å². The number of hydrogen-bond donors (Lipinski definition) is 1. The molecule has 2 aromatic rings. The van der Waals surface area contributed by atoms with Crippen molar-refractivity contribution < 1.29 is 14.0 Å². The maximum atomic E-state index is 13.6. The molecule has 0 saturated heterocycles. The van der Waals surface area contributed by atoms with Gasteiger partial charge < -0.3 is 9.63 Å². The van der Waals surface area contributed by atoms with Gasteiger partial charge in [-0.25, -0.2) is 4.39 Å². The molecule has 1 aromatic carbocycles. The zero-order valence-corrected chi connectivity index (χ0v) is 13.3. The number of aliphatic hydroxyl groups is 1. The number of aromatic nitrogens is 2. The van der Waals surface area contributed by atoms with E-state index in [4.69, 9.17) is 9.63 Å². The Morgan fingerprint density at radius 2 is 2.17 bits per heavy atom. The molecule has 0 unspecified atom stereocenters. The van der Waals surface area contributed by atoms with E-state index in [2.05, 4.69) is 15.0 Å². The molecule has 0 amide bonds. The quantitative estimate of drug-likeness (QED) is 0.810. The van der Waals surface area contributed by atoms with Crippen molar-refractivity contribution in [2.24, 2.45) is 0 Å². The first-order chi connectivity index (χ1) is 11.2. The SMILES string of the molecule is Cc1ccc(-c2noc(CCCN(CCO)C3CC3)n2)cc1F. The second-order valence-electron chi connectivity index (χ2n) is 6.07. The first kappa shape index (κ1) is 16.1. The number of aliphatic hydroxyl groups excluding tert-OH is 1. The van der Waals surface area contributed by atoms with Crippen LogP contribution in [0.1, 0.15) is 30.7 Å². The second kappa shape index (κ2) is 7.19. The van der Waals surface area contributed by atoms with Gasteiger partial charge in [-0.2, -0.15) is 4.98 Å². The number of hydrogen-bond acceptors (Lipinski definition) is 5. The van der Waals surface area contributed by atoms with E-state index in [-0.39, 0.29) is 12.4 Å². The molecule has 1 aliphatic rings. The molecule has 1 saturated carbocycles. The van der Waals surface area contributed by atoms with Gasteiger partial charge in [0.2, 0.25) is 11.7 Å². The highest BCUT2D eigenvalue weighted by Crippen LogP contribution is 2.26. The summed E-state index contributed by atoms with van der Waals surface area (Å²) in [5.41, 5.74) is 1.23. The lowest BCUT2D eigenvalue weighted by molar-refractivity contribution is 0.186. The first-order valence-corrected chi connectivity index (χ1v) is 8.11. The third-order valence-electron chi connectivity index (χ3n) is 4.18. The molecule has 0 radical (unpaired) electrons. The Labute approximate surface area is 135 Å². The third kappa shape index (κ3) is 4.14. The van der Waals surface area contributed by atoms with E-state index in [1.54, 1.807) is 19.1 Å². The summed E-state index contributed by atoms with van der Waals surface area (Å²) in [6.07, 6.45) is 4.05. The van der Waals surface area contributed by atoms with Gasteiger partial charge in [-0.15, -0.1) is 0 Å². The van der Waals surface area contributed by atoms with Gasteiger partial charge >= 0.3 is 0 Å². The van der Waals surface area contributed by atoms with Gasteiger partial charge in [-0.3, -0.25) is 4.90 Å². The van der Waals surface area contributed by atoms with Crippen molar-refractivity contribution in [1.29, 1.82) is 0 Å². The highest BCUT2D eigenvalue weighted by Gasteiger charge is 2.28. The lowest BCUT2D eigenvalue weighted by atomic mass is 10.1. The number of benzene rings is 1. The summed E-state index contributed by atoms with van der Waals surface area (Å²) in [5.74, 6) is 0.729. The van der Waals surface area contributed by atoms with E-state index < -0.39 is 0 Å². The van der Waals surface area contributed by atoms with E-state index in [1.807, 2.05) is 0 Å². The topological polar surface area (TPSA) is 62.4 Å². The minimum Gasteiger partial charge on any atom is -0.395 e. The molecule has 0 atom stereocenters. The van der Waals surface area contributed by atoms with Crippen molar-refractivity contribution in [2.75, 3.05) is 19.7 Å². The molecular weight excluding hydrogens is 297 g/mol. The standard InChI is InChI=1S/C17H22FN3O2/c1-12-4-5-13(11-15(12)18)17-19-16(23-20-17)3-2-8-21(9-10-22)14-6-7-14/h4-5,11,14,22H,2-3,6-10H2,1H3. The van der Waals surface area contributed by atoms with Gasteiger partial charge in [0.25, 0.3) is 0 Å². The molecule has 0 bridgehead atoms. The molecule has 1 N–H and O–H groups in total. The summed E-state index contributed by atoms with van der Waals surface area (Å²) < 4.78 is 18.9. The van der Waals surface area contributed by atoms with Crippen LogP contribution >= 0.6 is 0 Å². The molecule has 1 fully saturated rings. The van der Waals surface area contributed by atoms with E-state index in [1.165, 1.54) is 18.9 Å². The maximum absolute atomic E-state index is 13.6. The van der Waals surface area contributed by atoms with Crippen molar-refractivity contribution >= 4 is 0 Å². The molecular formula is C17H22FN3O2. The maximum Gasteiger partial charge on any atom is 0.227 e. The van der Waals surface area contributed by atoms with Crippen molar-refractivity contribution in [2.45, 2.75) is 38.6 Å². The summed E-state index contributed by atoms with van der Waals surface area (Å²) in [6, 6.07) is 5.57. The fourth-order valence-electron chi connectivity index (χ4n) is 2.68. The number of nitrogens with zero attached hydrogens (tertiary/aromatic N) is 3. The van der Waals surface area contributed by atoms with E-state index >= 15 is 0 Å². The Bertz CT molecular complexity index is 655. The van der Waals surface area contributed by atoms with Crippen molar-refractivity contribution in [3.8, 4) is 11.4 Å². The van der Waals surface area contributed by atoms with E-state index in [0.29, 0.717) is 35.3 Å². The van der Waals surface area contributed by atoms with Crippen LogP contribution in [0.3, 0.4) is 0 Å². The van der Waals surface area contributed by atoms with Crippen molar-refractivity contribution in [3.63, 3.8) is 0 Å². The minimum atomic E-state index is -0.266. The predicted octanol–water partition coefficient (Wildman–Crippen LogP) is 2.57. The summed E-state index contributed by atoms with van der Waals surface area (Å²) in [6.45, 7) is 3.56. The summed E-state index contributed by atoms with van der Waals surface area (Å²) in [7, 11) is 0. The summed E-state index contributed by atoms with van der Waals surface area (Å²) in [4.78, 5) is 6.65. The van der Waals surface area contributed by atoms with E-state index in [0.717, 1.165) is 19.5 Å². The molecule has 5 nitrogen and oxygen atoms in total. The Hall–Kier alpha value is -1.79. The van der Waals surface area contributed by atoms with Crippen molar-refractivity contribution in [3.05, 3.63) is 35.5 Å². The van der Waals surface area contributed by atoms with Gasteiger partial charge in [0, 0.05) is 24.6 Å². The smallest absolute Gasteiger partial charge is 0.227 e. The summed E-state index contributed by atoms with van der Waals surface area (Å²) >= 11 is 0. The van der Waals surface area contributed by atoms with Gasteiger partial charge in [-0.1, -0.05) is 17.3 Å². The van der Waals surface area contributed by atoms with Gasteiger partial charge in [0.15, 0.2) is 0 Å². The first-order valence-electron chi connectivity index (χ1n) is 8.11. The zero-order chi connectivity index (χ0) is 16.2. The molecule has 1 aromatic heterocycles. The number of aryl methyl sites for hydroxylation is 2. The van der Waals surface area contributed by atoms with Crippen LogP contribution in [0.25, 0.3) is 11.4 Å². The Morgan fingerprint density at radius 1 is 1.35 bits per heavy atom. The van der Waals surface area contributed by atoms with Gasteiger partial charge in [0.1, 0.15) is 5.82 Å². The van der Waals surface area contributed by atoms with Gasteiger partial charge in [0.05, 0.1) is 6.61 Å². The average Bonchev–Trinajstić information content (AvgIpc) is 3.28. The molecule has 3 rings (SSSR count). The van der Waals surface area contributed by atoms with Crippen LogP contribution < -0.4 is 0 Å². The summed E-state index contributed by atoms with van der Waals surface area (Å²) in [5, 5.41) is 13.0. The highest BCUT2D eigenvalue weighted by atomic mass is 19.1. The number of halogens is 1. The monoisotopic (exact) mass is 319 g/mol. The zero-order valence-electron chi connectivity index (χ0n) is 13.3. The minimum absolute atomic E-state index is 0.195. The highest BCUT2D eigenvalue weighted by molar-refractivity contribution is 5.54. The van der Waals surface area contributed by atoms with Crippen LogP contribution in [-0.4, -0.2) is 45.9 Å². The molecule has 1 heterocycles. The van der Waals surface area contributed by atoms with Crippen LogP contribution in [0, 0.1) is 12.7 Å². The molecule has 0 aliphatic heterocycles. The molecule has 23 heavy (non-hydrogen) atoms. The Balaban J connectivity index is 1.55. The second-order valence-corrected chi connectivity index (χ2v) is 6.07. The Kier molecular flexibility index (Phi) is 5.03. The molecule has 124 valence electrons. The molecule has 0 spiro atoms. The van der Waals surface area contributed by atoms with Crippen LogP contribution in [0.5, 0.6) is 0 Å². The van der Waals surface area contributed by atoms with Crippen LogP contribution in [0.2, 0.25) is 0 Å². The average molecular weight is 319 g/mol. The van der Waals surface area contributed by atoms with Crippen LogP contribution in [-0.2, 0) is 6.42 Å². The fourth-order valence-corrected chi connectivity index (χ4v) is 2.68. The number of rotatable bonds is 8. The lowest BCUT2D eigenvalue weighted by Crippen LogP contribution is -2.30. The Morgan fingerprint density at radius 3 is 2.87 bits per heavy atom. The third-order valence-corrected chi connectivity index (χ3v) is 4.18. The van der Waals surface area contributed by atoms with Crippen LogP contribution in [0.15, 0.2) is 22.7 Å². The van der Waals surface area contributed by atoms with Gasteiger partial charge in [-0.05, 0) is 44.4 Å².